The SMILES string of the molecule is FC1(F)CN(c2ncnc3sc(Br)cc23)CC1OCCN1CCOCC1. The molecule has 0 aliphatic carbocycles. The van der Waals surface area contributed by atoms with Crippen LogP contribution in [-0.4, -0.2) is 79.4 Å². The van der Waals surface area contributed by atoms with Gasteiger partial charge in [-0.05, 0) is 22.0 Å². The van der Waals surface area contributed by atoms with Gasteiger partial charge in [0, 0.05) is 19.6 Å². The van der Waals surface area contributed by atoms with Crippen molar-refractivity contribution in [2.75, 3.05) is 57.4 Å². The lowest BCUT2D eigenvalue weighted by molar-refractivity contribution is -0.109. The highest BCUT2D eigenvalue weighted by molar-refractivity contribution is 9.11. The maximum atomic E-state index is 14.5. The molecular weight excluding hydrogens is 430 g/mol. The van der Waals surface area contributed by atoms with E-state index in [1.54, 1.807) is 4.90 Å². The minimum absolute atomic E-state index is 0.121. The molecule has 2 aromatic heterocycles. The molecule has 0 radical (unpaired) electrons. The smallest absolute Gasteiger partial charge is 0.292 e. The van der Waals surface area contributed by atoms with Crippen molar-refractivity contribution in [3.05, 3.63) is 16.2 Å². The molecule has 0 spiro atoms. The molecule has 0 amide bonds. The number of alkyl halides is 2. The van der Waals surface area contributed by atoms with Crippen molar-refractivity contribution in [2.24, 2.45) is 0 Å². The van der Waals surface area contributed by atoms with Crippen LogP contribution in [-0.2, 0) is 9.47 Å². The van der Waals surface area contributed by atoms with Crippen LogP contribution in [0.25, 0.3) is 10.2 Å². The topological polar surface area (TPSA) is 50.7 Å². The van der Waals surface area contributed by atoms with Gasteiger partial charge in [-0.25, -0.2) is 18.7 Å². The van der Waals surface area contributed by atoms with Crippen LogP contribution in [0.3, 0.4) is 0 Å². The average Bonchev–Trinajstić information content (AvgIpc) is 3.14. The zero-order valence-corrected chi connectivity index (χ0v) is 16.4. The minimum Gasteiger partial charge on any atom is -0.379 e. The molecule has 2 aromatic rings. The Morgan fingerprint density at radius 2 is 2.15 bits per heavy atom. The third kappa shape index (κ3) is 3.84. The summed E-state index contributed by atoms with van der Waals surface area (Å²) in [6, 6.07) is 1.88. The summed E-state index contributed by atoms with van der Waals surface area (Å²) in [5.74, 6) is -2.37. The molecule has 6 nitrogen and oxygen atoms in total. The lowest BCUT2D eigenvalue weighted by atomic mass is 10.2. The number of hydrogen-bond donors (Lipinski definition) is 0. The van der Waals surface area contributed by atoms with Gasteiger partial charge < -0.3 is 14.4 Å². The molecule has 2 aliphatic heterocycles. The normalized spacial score (nSPS) is 23.8. The summed E-state index contributed by atoms with van der Waals surface area (Å²) in [5.41, 5.74) is 0. The van der Waals surface area contributed by atoms with Crippen molar-refractivity contribution in [3.8, 4) is 0 Å². The van der Waals surface area contributed by atoms with Crippen LogP contribution < -0.4 is 4.90 Å². The Balaban J connectivity index is 1.42. The number of thiophene rings is 1. The Labute approximate surface area is 162 Å². The van der Waals surface area contributed by atoms with Crippen molar-refractivity contribution >= 4 is 43.3 Å². The van der Waals surface area contributed by atoms with Crippen LogP contribution >= 0.6 is 27.3 Å². The van der Waals surface area contributed by atoms with E-state index in [2.05, 4.69) is 30.8 Å². The molecule has 1 unspecified atom stereocenters. The van der Waals surface area contributed by atoms with Crippen LogP contribution in [0.1, 0.15) is 0 Å². The van der Waals surface area contributed by atoms with Crippen molar-refractivity contribution in [2.45, 2.75) is 12.0 Å². The summed E-state index contributed by atoms with van der Waals surface area (Å²) in [5, 5.41) is 0.786. The largest absolute Gasteiger partial charge is 0.379 e. The van der Waals surface area contributed by atoms with E-state index in [1.165, 1.54) is 17.7 Å². The van der Waals surface area contributed by atoms with Gasteiger partial charge in [0.1, 0.15) is 23.1 Å². The third-order valence-corrected chi connectivity index (χ3v) is 6.21. The number of ether oxygens (including phenoxy) is 2. The highest BCUT2D eigenvalue weighted by atomic mass is 79.9. The number of hydrogen-bond acceptors (Lipinski definition) is 7. The van der Waals surface area contributed by atoms with Crippen molar-refractivity contribution in [1.82, 2.24) is 14.9 Å². The van der Waals surface area contributed by atoms with Gasteiger partial charge in [-0.15, -0.1) is 11.3 Å². The Morgan fingerprint density at radius 1 is 1.35 bits per heavy atom. The highest BCUT2D eigenvalue weighted by Crippen LogP contribution is 2.38. The summed E-state index contributed by atoms with van der Waals surface area (Å²) < 4.78 is 40.7. The molecule has 2 aliphatic rings. The second-order valence-corrected chi connectivity index (χ2v) is 8.83. The monoisotopic (exact) mass is 448 g/mol. The van der Waals surface area contributed by atoms with E-state index in [-0.39, 0.29) is 13.2 Å². The fraction of sp³-hybridized carbons (Fsp3) is 0.625. The van der Waals surface area contributed by atoms with E-state index in [4.69, 9.17) is 9.47 Å². The molecule has 142 valence electrons. The van der Waals surface area contributed by atoms with Crippen LogP contribution in [0.15, 0.2) is 16.2 Å². The first kappa shape index (κ1) is 18.4. The van der Waals surface area contributed by atoms with Crippen molar-refractivity contribution in [3.63, 3.8) is 0 Å². The van der Waals surface area contributed by atoms with Crippen LogP contribution in [0.5, 0.6) is 0 Å². The standard InChI is InChI=1S/C16H19BrF2N4O2S/c17-13-7-11-14(20-10-21-15(11)26-13)23-8-12(16(18,19)9-23)25-6-3-22-1-4-24-5-2-22/h7,10,12H,1-6,8-9H2. The van der Waals surface area contributed by atoms with E-state index >= 15 is 0 Å². The molecule has 10 heteroatoms. The van der Waals surface area contributed by atoms with E-state index in [0.29, 0.717) is 25.6 Å². The fourth-order valence-corrected chi connectivity index (χ4v) is 4.72. The molecule has 26 heavy (non-hydrogen) atoms. The number of anilines is 1. The first-order chi connectivity index (χ1) is 12.5. The Hall–Kier alpha value is -0.940. The maximum Gasteiger partial charge on any atom is 0.292 e. The predicted molar refractivity (Wildman–Crippen MR) is 99.3 cm³/mol. The number of morpholine rings is 1. The van der Waals surface area contributed by atoms with E-state index in [9.17, 15) is 8.78 Å². The maximum absolute atomic E-state index is 14.5. The zero-order valence-electron chi connectivity index (χ0n) is 14.0. The highest BCUT2D eigenvalue weighted by Gasteiger charge is 2.49. The second-order valence-electron chi connectivity index (χ2n) is 6.42. The number of fused-ring (bicyclic) bond motifs is 1. The fourth-order valence-electron chi connectivity index (χ4n) is 3.31. The lowest BCUT2D eigenvalue weighted by Gasteiger charge is -2.27. The molecule has 0 N–H and O–H groups in total. The van der Waals surface area contributed by atoms with Gasteiger partial charge in [-0.1, -0.05) is 0 Å². The van der Waals surface area contributed by atoms with Gasteiger partial charge in [0.25, 0.3) is 5.92 Å². The van der Waals surface area contributed by atoms with Crippen molar-refractivity contribution < 1.29 is 18.3 Å². The zero-order chi connectivity index (χ0) is 18.1. The van der Waals surface area contributed by atoms with Crippen LogP contribution in [0.4, 0.5) is 14.6 Å². The van der Waals surface area contributed by atoms with Gasteiger partial charge in [0.15, 0.2) is 0 Å². The van der Waals surface area contributed by atoms with Crippen molar-refractivity contribution in [1.29, 1.82) is 0 Å². The summed E-state index contributed by atoms with van der Waals surface area (Å²) in [7, 11) is 0. The Kier molecular flexibility index (Phi) is 5.38. The molecule has 0 bridgehead atoms. The first-order valence-corrected chi connectivity index (χ1v) is 10.1. The Bertz CT molecular complexity index is 772. The molecule has 2 fully saturated rings. The average molecular weight is 449 g/mol. The molecular formula is C16H19BrF2N4O2S. The number of aromatic nitrogens is 2. The predicted octanol–water partition coefficient (Wildman–Crippen LogP) is 2.63. The van der Waals surface area contributed by atoms with Gasteiger partial charge in [-0.3, -0.25) is 4.90 Å². The Morgan fingerprint density at radius 3 is 2.96 bits per heavy atom. The molecule has 4 rings (SSSR count). The van der Waals surface area contributed by atoms with Gasteiger partial charge in [0.05, 0.1) is 42.1 Å². The molecule has 2 saturated heterocycles. The molecule has 0 aromatic carbocycles. The number of rotatable bonds is 5. The summed E-state index contributed by atoms with van der Waals surface area (Å²) in [4.78, 5) is 13.0. The van der Waals surface area contributed by atoms with Gasteiger partial charge >= 0.3 is 0 Å². The summed E-state index contributed by atoms with van der Waals surface area (Å²) in [6.07, 6.45) is 0.293. The van der Waals surface area contributed by atoms with Gasteiger partial charge in [0.2, 0.25) is 0 Å². The summed E-state index contributed by atoms with van der Waals surface area (Å²) >= 11 is 4.88. The molecule has 0 saturated carbocycles. The van der Waals surface area contributed by atoms with E-state index in [1.807, 2.05) is 6.07 Å². The lowest BCUT2D eigenvalue weighted by Crippen LogP contribution is -2.40. The first-order valence-electron chi connectivity index (χ1n) is 8.47. The second kappa shape index (κ2) is 7.59. The number of nitrogens with zero attached hydrogens (tertiary/aromatic N) is 4. The quantitative estimate of drug-likeness (QED) is 0.700. The minimum atomic E-state index is -2.91. The third-order valence-electron chi connectivity index (χ3n) is 4.67. The number of halogens is 3. The summed E-state index contributed by atoms with van der Waals surface area (Å²) in [6.45, 7) is 3.68. The van der Waals surface area contributed by atoms with E-state index < -0.39 is 18.6 Å². The van der Waals surface area contributed by atoms with E-state index in [0.717, 1.165) is 27.1 Å². The van der Waals surface area contributed by atoms with Gasteiger partial charge in [-0.2, -0.15) is 0 Å². The van der Waals surface area contributed by atoms with Crippen LogP contribution in [0, 0.1) is 0 Å². The molecule has 4 heterocycles. The van der Waals surface area contributed by atoms with Crippen LogP contribution in [0.2, 0.25) is 0 Å². The molecule has 1 atom stereocenters.